The van der Waals surface area contributed by atoms with Crippen LogP contribution in [0.1, 0.15) is 52.7 Å². The van der Waals surface area contributed by atoms with E-state index in [2.05, 4.69) is 13.0 Å². The first kappa shape index (κ1) is 22.3. The van der Waals surface area contributed by atoms with Crippen LogP contribution < -0.4 is 0 Å². The van der Waals surface area contributed by atoms with Crippen molar-refractivity contribution >= 4 is 28.9 Å². The number of halogens is 1. The predicted octanol–water partition coefficient (Wildman–Crippen LogP) is 6.45. The van der Waals surface area contributed by atoms with Crippen LogP contribution in [0.5, 0.6) is 0 Å². The van der Waals surface area contributed by atoms with Crippen molar-refractivity contribution in [3.63, 3.8) is 0 Å². The molecule has 30 heavy (non-hydrogen) atoms. The van der Waals surface area contributed by atoms with Gasteiger partial charge in [-0.3, -0.25) is 10.2 Å². The van der Waals surface area contributed by atoms with Crippen LogP contribution in [0, 0.1) is 5.41 Å². The Kier molecular flexibility index (Phi) is 5.94. The van der Waals surface area contributed by atoms with Gasteiger partial charge in [-0.2, -0.15) is 0 Å². The zero-order valence-electron chi connectivity index (χ0n) is 18.4. The van der Waals surface area contributed by atoms with Crippen molar-refractivity contribution in [3.05, 3.63) is 64.4 Å². The van der Waals surface area contributed by atoms with Crippen LogP contribution in [0.2, 0.25) is 5.02 Å². The van der Waals surface area contributed by atoms with Gasteiger partial charge >= 0.3 is 0 Å². The summed E-state index contributed by atoms with van der Waals surface area (Å²) in [6, 6.07) is 13.7. The quantitative estimate of drug-likeness (QED) is 0.452. The van der Waals surface area contributed by atoms with E-state index in [9.17, 15) is 4.79 Å². The van der Waals surface area contributed by atoms with Crippen molar-refractivity contribution in [1.29, 1.82) is 5.41 Å². The van der Waals surface area contributed by atoms with Gasteiger partial charge in [0, 0.05) is 11.9 Å². The van der Waals surface area contributed by atoms with Gasteiger partial charge in [0.15, 0.2) is 11.7 Å². The highest BCUT2D eigenvalue weighted by Gasteiger charge is 2.48. The molecule has 0 fully saturated rings. The summed E-state index contributed by atoms with van der Waals surface area (Å²) in [6.07, 6.45) is 0.756. The summed E-state index contributed by atoms with van der Waals surface area (Å²) in [4.78, 5) is 13.5. The highest BCUT2D eigenvalue weighted by atomic mass is 35.5. The molecule has 1 aliphatic heterocycles. The highest BCUT2D eigenvalue weighted by molar-refractivity contribution is 6.30. The minimum Gasteiger partial charge on any atom is -0.444 e. The third kappa shape index (κ3) is 4.21. The van der Waals surface area contributed by atoms with E-state index >= 15 is 0 Å². The molecule has 158 valence electrons. The molecule has 0 bridgehead atoms. The van der Waals surface area contributed by atoms with E-state index in [1.807, 2.05) is 50.2 Å². The second-order valence-corrected chi connectivity index (χ2v) is 8.98. The molecule has 0 amide bonds. The normalized spacial score (nSPS) is 17.8. The van der Waals surface area contributed by atoms with Gasteiger partial charge < -0.3 is 9.47 Å². The Morgan fingerprint density at radius 3 is 2.20 bits per heavy atom. The highest BCUT2D eigenvalue weighted by Crippen LogP contribution is 2.43. The molecule has 0 radical (unpaired) electrons. The minimum absolute atomic E-state index is 0.0126. The van der Waals surface area contributed by atoms with Gasteiger partial charge in [-0.15, -0.1) is 0 Å². The van der Waals surface area contributed by atoms with Gasteiger partial charge in [0.25, 0.3) is 0 Å². The van der Waals surface area contributed by atoms with E-state index in [1.165, 1.54) is 0 Å². The van der Waals surface area contributed by atoms with Gasteiger partial charge in [0.2, 0.25) is 0 Å². The van der Waals surface area contributed by atoms with Gasteiger partial charge in [0.05, 0.1) is 5.57 Å². The molecule has 4 nitrogen and oxygen atoms in total. The van der Waals surface area contributed by atoms with E-state index in [4.69, 9.17) is 26.5 Å². The van der Waals surface area contributed by atoms with Crippen LogP contribution in [0.4, 0.5) is 0 Å². The third-order valence-corrected chi connectivity index (χ3v) is 5.50. The second kappa shape index (κ2) is 8.01. The molecule has 0 spiro atoms. The monoisotopic (exact) mass is 425 g/mol. The van der Waals surface area contributed by atoms with E-state index in [-0.39, 0.29) is 11.7 Å². The summed E-state index contributed by atoms with van der Waals surface area (Å²) < 4.78 is 11.9. The molecule has 0 atom stereocenters. The van der Waals surface area contributed by atoms with Crippen LogP contribution in [0.15, 0.2) is 48.2 Å². The fourth-order valence-electron chi connectivity index (χ4n) is 3.95. The molecule has 0 saturated carbocycles. The molecule has 0 unspecified atom stereocenters. The summed E-state index contributed by atoms with van der Waals surface area (Å²) in [5.74, 6) is 0.238. The molecule has 0 aromatic heterocycles. The number of hydrogen-bond donors (Lipinski definition) is 1. The van der Waals surface area contributed by atoms with E-state index in [0.29, 0.717) is 16.4 Å². The molecule has 2 aromatic carbocycles. The van der Waals surface area contributed by atoms with Crippen LogP contribution >= 0.6 is 11.6 Å². The van der Waals surface area contributed by atoms with Crippen molar-refractivity contribution < 1.29 is 14.3 Å². The van der Waals surface area contributed by atoms with Gasteiger partial charge in [-0.1, -0.05) is 42.8 Å². The lowest BCUT2D eigenvalue weighted by Gasteiger charge is -2.42. The first-order valence-corrected chi connectivity index (χ1v) is 10.5. The second-order valence-electron chi connectivity index (χ2n) is 8.55. The Bertz CT molecular complexity index is 1030. The number of hydrogen-bond acceptors (Lipinski definition) is 4. The first-order valence-electron chi connectivity index (χ1n) is 10.1. The Morgan fingerprint density at radius 1 is 1.03 bits per heavy atom. The van der Waals surface area contributed by atoms with Crippen LogP contribution in [-0.4, -0.2) is 22.9 Å². The summed E-state index contributed by atoms with van der Waals surface area (Å²) in [5.41, 5.74) is 2.44. The van der Waals surface area contributed by atoms with E-state index < -0.39 is 11.2 Å². The number of benzene rings is 2. The van der Waals surface area contributed by atoms with Crippen molar-refractivity contribution in [2.24, 2.45) is 0 Å². The van der Waals surface area contributed by atoms with Gasteiger partial charge in [-0.05, 0) is 74.6 Å². The number of rotatable bonds is 4. The number of ether oxygens (including phenoxy) is 2. The number of nitrogens with one attached hydrogen (secondary N) is 1. The molecule has 3 rings (SSSR count). The van der Waals surface area contributed by atoms with Gasteiger partial charge in [0.1, 0.15) is 17.0 Å². The number of aryl methyl sites for hydroxylation is 1. The molecular weight excluding hydrogens is 398 g/mol. The topological polar surface area (TPSA) is 59.4 Å². The zero-order valence-corrected chi connectivity index (χ0v) is 19.1. The van der Waals surface area contributed by atoms with E-state index in [1.54, 1.807) is 20.8 Å². The fourth-order valence-corrected chi connectivity index (χ4v) is 4.07. The maximum Gasteiger partial charge on any atom is 0.198 e. The molecule has 2 aromatic rings. The third-order valence-electron chi connectivity index (χ3n) is 5.25. The Labute approximate surface area is 183 Å². The zero-order chi connectivity index (χ0) is 22.3. The maximum absolute atomic E-state index is 13.5. The number of ketones is 1. The Morgan fingerprint density at radius 2 is 1.63 bits per heavy atom. The molecule has 0 aliphatic carbocycles. The molecule has 5 heteroatoms. The fraction of sp³-hybridized carbons (Fsp3) is 0.360. The first-order chi connectivity index (χ1) is 14.0. The minimum atomic E-state index is -1.01. The van der Waals surface area contributed by atoms with E-state index in [0.717, 1.165) is 28.7 Å². The molecule has 1 heterocycles. The van der Waals surface area contributed by atoms with Crippen LogP contribution in [0.3, 0.4) is 0 Å². The van der Waals surface area contributed by atoms with Crippen molar-refractivity contribution in [2.75, 3.05) is 0 Å². The molecular formula is C25H28ClNO3. The van der Waals surface area contributed by atoms with Crippen LogP contribution in [-0.2, 0) is 20.7 Å². The van der Waals surface area contributed by atoms with Gasteiger partial charge in [-0.25, -0.2) is 0 Å². The lowest BCUT2D eigenvalue weighted by Crippen LogP contribution is -2.50. The smallest absolute Gasteiger partial charge is 0.198 e. The summed E-state index contributed by atoms with van der Waals surface area (Å²) in [7, 11) is 0. The maximum atomic E-state index is 13.5. The number of carbonyl (C=O) groups is 1. The van der Waals surface area contributed by atoms with Crippen molar-refractivity contribution in [1.82, 2.24) is 0 Å². The number of carbonyl (C=O) groups excluding carboxylic acids is 1. The Balaban J connectivity index is 2.31. The van der Waals surface area contributed by atoms with Crippen LogP contribution in [0.25, 0.3) is 16.7 Å². The lowest BCUT2D eigenvalue weighted by molar-refractivity contribution is -0.157. The molecule has 1 aliphatic rings. The number of Topliss-reactive ketones (excluding diaryl/α,β-unsaturated/α-hetero) is 1. The SMILES string of the molecule is CCc1ccc(-c2ccc(Cl)cc2)cc1C1=C(OC(C)=N)C(C)(C)OC(C)(C)C1=O. The van der Waals surface area contributed by atoms with Crippen molar-refractivity contribution in [3.8, 4) is 11.1 Å². The summed E-state index contributed by atoms with van der Waals surface area (Å²) in [6.45, 7) is 10.9. The molecule has 1 N–H and O–H groups in total. The average molecular weight is 426 g/mol. The molecule has 0 saturated heterocycles. The summed E-state index contributed by atoms with van der Waals surface area (Å²) >= 11 is 6.05. The average Bonchev–Trinajstić information content (AvgIpc) is 2.66. The standard InChI is InChI=1S/C25H28ClNO3/c1-7-16-8-9-18(17-10-12-19(26)13-11-17)14-20(16)21-22(28)24(3,4)30-25(5,6)23(21)29-15(2)27/h8-14,27H,7H2,1-6H3. The Hall–Kier alpha value is -2.43. The predicted molar refractivity (Wildman–Crippen MR) is 122 cm³/mol. The largest absolute Gasteiger partial charge is 0.444 e. The van der Waals surface area contributed by atoms with Crippen molar-refractivity contribution in [2.45, 2.75) is 59.2 Å². The summed E-state index contributed by atoms with van der Waals surface area (Å²) in [5, 5.41) is 8.56. The lowest BCUT2D eigenvalue weighted by atomic mass is 9.80.